The van der Waals surface area contributed by atoms with Gasteiger partial charge in [-0.15, -0.1) is 0 Å². The summed E-state index contributed by atoms with van der Waals surface area (Å²) in [5.41, 5.74) is 4.02. The predicted molar refractivity (Wildman–Crippen MR) is 90.9 cm³/mol. The molecule has 1 amide bonds. The van der Waals surface area contributed by atoms with Crippen LogP contribution in [0, 0.1) is 13.8 Å². The van der Waals surface area contributed by atoms with Crippen molar-refractivity contribution in [3.63, 3.8) is 0 Å². The summed E-state index contributed by atoms with van der Waals surface area (Å²) in [6, 6.07) is 3.75. The van der Waals surface area contributed by atoms with Crippen molar-refractivity contribution in [3.05, 3.63) is 46.2 Å². The molecule has 6 nitrogen and oxygen atoms in total. The first-order valence-electron chi connectivity index (χ1n) is 7.09. The zero-order valence-corrected chi connectivity index (χ0v) is 14.3. The number of aromatic nitrogens is 2. The van der Waals surface area contributed by atoms with Gasteiger partial charge in [0, 0.05) is 18.8 Å². The first-order valence-corrected chi connectivity index (χ1v) is 7.47. The minimum atomic E-state index is -0.318. The molecule has 0 aliphatic heterocycles. The molecule has 122 valence electrons. The number of nitrogens with one attached hydrogen (secondary N) is 1. The summed E-state index contributed by atoms with van der Waals surface area (Å²) in [6.45, 7) is 5.43. The summed E-state index contributed by atoms with van der Waals surface area (Å²) in [5.74, 6) is -0.318. The Morgan fingerprint density at radius 3 is 2.78 bits per heavy atom. The van der Waals surface area contributed by atoms with Crippen LogP contribution in [0.3, 0.4) is 0 Å². The maximum Gasteiger partial charge on any atom is 0.265 e. The maximum absolute atomic E-state index is 11.9. The molecule has 1 aromatic heterocycles. The molecule has 0 unspecified atom stereocenters. The van der Waals surface area contributed by atoms with E-state index in [1.807, 2.05) is 33.2 Å². The molecule has 0 saturated carbocycles. The normalized spacial score (nSPS) is 11.4. The van der Waals surface area contributed by atoms with Crippen LogP contribution in [0.25, 0.3) is 0 Å². The van der Waals surface area contributed by atoms with E-state index in [4.69, 9.17) is 16.4 Å². The first kappa shape index (κ1) is 17.0. The largest absolute Gasteiger partial charge is 0.385 e. The molecule has 0 atom stereocenters. The van der Waals surface area contributed by atoms with E-state index in [-0.39, 0.29) is 12.5 Å². The van der Waals surface area contributed by atoms with Crippen LogP contribution in [0.15, 0.2) is 29.7 Å². The van der Waals surface area contributed by atoms with Crippen LogP contribution in [-0.4, -0.2) is 28.0 Å². The molecule has 0 saturated heterocycles. The van der Waals surface area contributed by atoms with E-state index in [1.165, 1.54) is 0 Å². The van der Waals surface area contributed by atoms with Crippen molar-refractivity contribution in [2.24, 2.45) is 12.2 Å². The van der Waals surface area contributed by atoms with E-state index in [1.54, 1.807) is 23.9 Å². The molecule has 7 heteroatoms. The van der Waals surface area contributed by atoms with E-state index in [0.29, 0.717) is 16.4 Å². The van der Waals surface area contributed by atoms with Gasteiger partial charge in [0.05, 0.1) is 22.6 Å². The van der Waals surface area contributed by atoms with Crippen LogP contribution in [0.2, 0.25) is 5.02 Å². The molecular weight excluding hydrogens is 316 g/mol. The lowest BCUT2D eigenvalue weighted by Crippen LogP contribution is -2.18. The fourth-order valence-corrected chi connectivity index (χ4v) is 2.47. The number of benzene rings is 1. The third-order valence-electron chi connectivity index (χ3n) is 3.22. The van der Waals surface area contributed by atoms with E-state index >= 15 is 0 Å². The number of hydrogen-bond donors (Lipinski definition) is 1. The molecule has 23 heavy (non-hydrogen) atoms. The van der Waals surface area contributed by atoms with Crippen LogP contribution in [0.5, 0.6) is 0 Å². The van der Waals surface area contributed by atoms with Crippen molar-refractivity contribution in [2.45, 2.75) is 20.8 Å². The van der Waals surface area contributed by atoms with E-state index in [9.17, 15) is 4.79 Å². The van der Waals surface area contributed by atoms with Crippen LogP contribution in [0.4, 0.5) is 5.69 Å². The molecule has 0 spiro atoms. The average Bonchev–Trinajstić information content (AvgIpc) is 2.89. The Morgan fingerprint density at radius 1 is 1.43 bits per heavy atom. The Bertz CT molecular complexity index is 729. The summed E-state index contributed by atoms with van der Waals surface area (Å²) >= 11 is 6.15. The van der Waals surface area contributed by atoms with Crippen molar-refractivity contribution in [3.8, 4) is 0 Å². The Labute approximate surface area is 140 Å². The number of halogens is 1. The lowest BCUT2D eigenvalue weighted by atomic mass is 10.1. The lowest BCUT2D eigenvalue weighted by Gasteiger charge is -2.11. The van der Waals surface area contributed by atoms with Crippen molar-refractivity contribution < 1.29 is 9.63 Å². The van der Waals surface area contributed by atoms with Crippen LogP contribution < -0.4 is 5.32 Å². The molecule has 0 aliphatic rings. The summed E-state index contributed by atoms with van der Waals surface area (Å²) in [5, 5.41) is 11.2. The van der Waals surface area contributed by atoms with Crippen LogP contribution in [-0.2, 0) is 16.7 Å². The lowest BCUT2D eigenvalue weighted by molar-refractivity contribution is -0.120. The number of carbonyl (C=O) groups is 1. The molecule has 1 aromatic carbocycles. The van der Waals surface area contributed by atoms with Crippen LogP contribution >= 0.6 is 11.6 Å². The number of aryl methyl sites for hydroxylation is 3. The minimum absolute atomic E-state index is 0.193. The van der Waals surface area contributed by atoms with E-state index in [2.05, 4.69) is 15.6 Å². The number of amides is 1. The highest BCUT2D eigenvalue weighted by Crippen LogP contribution is 2.27. The Morgan fingerprint density at radius 2 is 2.17 bits per heavy atom. The monoisotopic (exact) mass is 334 g/mol. The maximum atomic E-state index is 11.9. The highest BCUT2D eigenvalue weighted by atomic mass is 35.5. The Kier molecular flexibility index (Phi) is 5.39. The van der Waals surface area contributed by atoms with Gasteiger partial charge in [-0.2, -0.15) is 5.10 Å². The molecule has 0 radical (unpaired) electrons. The number of oxime groups is 1. The van der Waals surface area contributed by atoms with E-state index < -0.39 is 0 Å². The van der Waals surface area contributed by atoms with Crippen molar-refractivity contribution >= 4 is 28.9 Å². The highest BCUT2D eigenvalue weighted by molar-refractivity contribution is 6.34. The SMILES string of the molecule is CC(=NOCC(=O)Nc1c(C)cc(C)cc1Cl)c1cnn(C)c1. The van der Waals surface area contributed by atoms with Gasteiger partial charge in [0.25, 0.3) is 5.91 Å². The zero-order valence-electron chi connectivity index (χ0n) is 13.6. The zero-order chi connectivity index (χ0) is 17.0. The van der Waals surface area contributed by atoms with Gasteiger partial charge in [0.2, 0.25) is 0 Å². The summed E-state index contributed by atoms with van der Waals surface area (Å²) in [4.78, 5) is 17.0. The predicted octanol–water partition coefficient (Wildman–Crippen LogP) is 3.07. The Balaban J connectivity index is 1.93. The fraction of sp³-hybridized carbons (Fsp3) is 0.312. The van der Waals surface area contributed by atoms with Crippen molar-refractivity contribution in [1.82, 2.24) is 9.78 Å². The summed E-state index contributed by atoms with van der Waals surface area (Å²) in [7, 11) is 1.82. The number of anilines is 1. The fourth-order valence-electron chi connectivity index (χ4n) is 2.10. The third-order valence-corrected chi connectivity index (χ3v) is 3.51. The van der Waals surface area contributed by atoms with E-state index in [0.717, 1.165) is 16.7 Å². The van der Waals surface area contributed by atoms with Gasteiger partial charge >= 0.3 is 0 Å². The van der Waals surface area contributed by atoms with Gasteiger partial charge in [-0.3, -0.25) is 9.48 Å². The quantitative estimate of drug-likeness (QED) is 0.675. The topological polar surface area (TPSA) is 68.5 Å². The number of hydrogen-bond acceptors (Lipinski definition) is 4. The Hall–Kier alpha value is -2.34. The summed E-state index contributed by atoms with van der Waals surface area (Å²) < 4.78 is 1.67. The van der Waals surface area contributed by atoms with Gasteiger partial charge in [0.1, 0.15) is 0 Å². The number of nitrogens with zero attached hydrogens (tertiary/aromatic N) is 3. The first-order chi connectivity index (χ1) is 10.9. The second-order valence-electron chi connectivity index (χ2n) is 5.34. The molecule has 0 fully saturated rings. The number of carbonyl (C=O) groups excluding carboxylic acids is 1. The van der Waals surface area contributed by atoms with Crippen LogP contribution in [0.1, 0.15) is 23.6 Å². The second kappa shape index (κ2) is 7.28. The molecule has 1 heterocycles. The molecule has 0 bridgehead atoms. The standard InChI is InChI=1S/C16H19ClN4O2/c1-10-5-11(2)16(14(17)6-10)19-15(22)9-23-20-12(3)13-7-18-21(4)8-13/h5-8H,9H2,1-4H3,(H,19,22). The van der Waals surface area contributed by atoms with Gasteiger partial charge < -0.3 is 10.2 Å². The molecular formula is C16H19ClN4O2. The minimum Gasteiger partial charge on any atom is -0.385 e. The highest BCUT2D eigenvalue weighted by Gasteiger charge is 2.10. The molecule has 2 rings (SSSR count). The molecule has 1 N–H and O–H groups in total. The average molecular weight is 335 g/mol. The van der Waals surface area contributed by atoms with Gasteiger partial charge in [-0.25, -0.2) is 0 Å². The van der Waals surface area contributed by atoms with Gasteiger partial charge in [-0.05, 0) is 38.0 Å². The smallest absolute Gasteiger partial charge is 0.265 e. The summed E-state index contributed by atoms with van der Waals surface area (Å²) in [6.07, 6.45) is 3.50. The van der Waals surface area contributed by atoms with Gasteiger partial charge in [-0.1, -0.05) is 22.8 Å². The molecule has 2 aromatic rings. The van der Waals surface area contributed by atoms with Gasteiger partial charge in [0.15, 0.2) is 6.61 Å². The second-order valence-corrected chi connectivity index (χ2v) is 5.75. The van der Waals surface area contributed by atoms with Crippen molar-refractivity contribution in [2.75, 3.05) is 11.9 Å². The van der Waals surface area contributed by atoms with Crippen molar-refractivity contribution in [1.29, 1.82) is 0 Å². The third kappa shape index (κ3) is 4.56. The number of rotatable bonds is 5. The molecule has 0 aliphatic carbocycles.